The minimum atomic E-state index is 0.565. The van der Waals surface area contributed by atoms with Crippen LogP contribution in [0.15, 0.2) is 191 Å². The second-order valence-corrected chi connectivity index (χ2v) is 15.1. The molecule has 0 N–H and O–H groups in total. The normalized spacial score (nSPS) is 12.1. The lowest BCUT2D eigenvalue weighted by Gasteiger charge is -2.12. The van der Waals surface area contributed by atoms with Crippen molar-refractivity contribution < 1.29 is 8.83 Å². The van der Waals surface area contributed by atoms with E-state index in [0.29, 0.717) is 17.5 Å². The Bertz CT molecular complexity index is 3860. The van der Waals surface area contributed by atoms with Gasteiger partial charge < -0.3 is 13.4 Å². The quantitative estimate of drug-likeness (QED) is 0.179. The molecule has 0 amide bonds. The molecule has 0 aliphatic carbocycles. The van der Waals surface area contributed by atoms with Crippen molar-refractivity contribution in [2.45, 2.75) is 0 Å². The van der Waals surface area contributed by atoms with Crippen molar-refractivity contribution in [2.24, 2.45) is 0 Å². The number of hydrogen-bond acceptors (Lipinski definition) is 5. The lowest BCUT2D eigenvalue weighted by molar-refractivity contribution is 0.669. The number of fused-ring (bicyclic) bond motifs is 13. The van der Waals surface area contributed by atoms with E-state index in [4.69, 9.17) is 23.8 Å². The third-order valence-corrected chi connectivity index (χ3v) is 11.8. The molecule has 0 spiro atoms. The van der Waals surface area contributed by atoms with Crippen LogP contribution in [0, 0.1) is 0 Å². The Morgan fingerprint density at radius 1 is 0.373 bits per heavy atom. The summed E-state index contributed by atoms with van der Waals surface area (Å²) >= 11 is 0. The Balaban J connectivity index is 1.11. The van der Waals surface area contributed by atoms with Gasteiger partial charge in [-0.05, 0) is 53.2 Å². The van der Waals surface area contributed by atoms with Crippen molar-refractivity contribution in [3.05, 3.63) is 182 Å². The van der Waals surface area contributed by atoms with Crippen LogP contribution in [0.2, 0.25) is 0 Å². The molecule has 59 heavy (non-hydrogen) atoms. The zero-order valence-electron chi connectivity index (χ0n) is 31.4. The molecule has 13 aromatic rings. The van der Waals surface area contributed by atoms with Crippen LogP contribution in [0.1, 0.15) is 0 Å². The van der Waals surface area contributed by atoms with E-state index in [1.54, 1.807) is 0 Å². The molecule has 4 aromatic heterocycles. The molecule has 0 aliphatic rings. The van der Waals surface area contributed by atoms with Crippen molar-refractivity contribution in [3.63, 3.8) is 0 Å². The van der Waals surface area contributed by atoms with E-state index in [-0.39, 0.29) is 0 Å². The maximum absolute atomic E-state index is 6.88. The summed E-state index contributed by atoms with van der Waals surface area (Å²) in [4.78, 5) is 15.6. The molecule has 9 aromatic carbocycles. The van der Waals surface area contributed by atoms with Crippen LogP contribution in [0.3, 0.4) is 0 Å². The van der Waals surface area contributed by atoms with Crippen LogP contribution in [-0.2, 0) is 0 Å². The SMILES string of the molecule is c1ccc(-c2nc(-c3ccc4c(c3)oc3ccccc34)nc(-c3cc4c(oc5cccc(-n6c7ccccc7c7ccc8ccccc8c76)c54)c4ccccc34)n2)cc1. The van der Waals surface area contributed by atoms with E-state index in [1.807, 2.05) is 54.6 Å². The van der Waals surface area contributed by atoms with E-state index in [9.17, 15) is 0 Å². The zero-order valence-corrected chi connectivity index (χ0v) is 31.4. The first-order valence-corrected chi connectivity index (χ1v) is 19.8. The monoisotopic (exact) mass is 754 g/mol. The summed E-state index contributed by atoms with van der Waals surface area (Å²) in [7, 11) is 0. The van der Waals surface area contributed by atoms with Crippen LogP contribution < -0.4 is 0 Å². The molecule has 4 heterocycles. The summed E-state index contributed by atoms with van der Waals surface area (Å²) in [6.45, 7) is 0. The largest absolute Gasteiger partial charge is 0.456 e. The lowest BCUT2D eigenvalue weighted by atomic mass is 9.99. The summed E-state index contributed by atoms with van der Waals surface area (Å²) < 4.78 is 15.6. The number of hydrogen-bond donors (Lipinski definition) is 0. The standard InChI is InChI=1S/C53H30N4O2/c1-2-14-32(15-3-1)51-54-52(33-26-27-38-37-19-9-11-23-45(37)58-47(38)29-33)56-53(55-51)41-30-42-48-44(22-12-24-46(48)59-50(42)40-20-7-6-17-35(40)41)57-43-21-10-8-18-36(43)39-28-25-31-13-4-5-16-34(31)49(39)57/h1-30H. The van der Waals surface area contributed by atoms with E-state index in [2.05, 4.69) is 132 Å². The Hall–Kier alpha value is -8.09. The molecular formula is C53H30N4O2. The van der Waals surface area contributed by atoms with Crippen molar-refractivity contribution in [3.8, 4) is 39.9 Å². The highest BCUT2D eigenvalue weighted by Crippen LogP contribution is 2.44. The lowest BCUT2D eigenvalue weighted by Crippen LogP contribution is -2.00. The molecular weight excluding hydrogens is 725 g/mol. The van der Waals surface area contributed by atoms with Gasteiger partial charge >= 0.3 is 0 Å². The zero-order chi connectivity index (χ0) is 38.6. The van der Waals surface area contributed by atoms with Crippen molar-refractivity contribution in [1.82, 2.24) is 19.5 Å². The summed E-state index contributed by atoms with van der Waals surface area (Å²) in [6.07, 6.45) is 0. The van der Waals surface area contributed by atoms with Gasteiger partial charge in [-0.15, -0.1) is 0 Å². The molecule has 0 saturated heterocycles. The average molecular weight is 755 g/mol. The first-order chi connectivity index (χ1) is 29.2. The van der Waals surface area contributed by atoms with Gasteiger partial charge in [0.05, 0.1) is 22.1 Å². The van der Waals surface area contributed by atoms with Crippen LogP contribution in [0.25, 0.3) is 127 Å². The molecule has 0 saturated carbocycles. The maximum atomic E-state index is 6.88. The molecule has 0 fully saturated rings. The average Bonchev–Trinajstić information content (AvgIpc) is 3.98. The summed E-state index contributed by atoms with van der Waals surface area (Å²) in [5.74, 6) is 1.73. The first-order valence-electron chi connectivity index (χ1n) is 19.8. The van der Waals surface area contributed by atoms with Crippen LogP contribution in [0.5, 0.6) is 0 Å². The van der Waals surface area contributed by atoms with Crippen molar-refractivity contribution in [1.29, 1.82) is 0 Å². The molecule has 0 bridgehead atoms. The predicted molar refractivity (Wildman–Crippen MR) is 240 cm³/mol. The molecule has 0 unspecified atom stereocenters. The van der Waals surface area contributed by atoms with Gasteiger partial charge in [-0.2, -0.15) is 0 Å². The molecule has 274 valence electrons. The van der Waals surface area contributed by atoms with Gasteiger partial charge in [0.25, 0.3) is 0 Å². The fourth-order valence-electron chi connectivity index (χ4n) is 9.19. The summed E-state index contributed by atoms with van der Waals surface area (Å²) in [5, 5.41) is 10.9. The molecule has 0 atom stereocenters. The highest BCUT2D eigenvalue weighted by atomic mass is 16.3. The van der Waals surface area contributed by atoms with Crippen molar-refractivity contribution in [2.75, 3.05) is 0 Å². The van der Waals surface area contributed by atoms with Gasteiger partial charge in [-0.25, -0.2) is 15.0 Å². The molecule has 0 aliphatic heterocycles. The Morgan fingerprint density at radius 2 is 1.03 bits per heavy atom. The smallest absolute Gasteiger partial charge is 0.164 e. The van der Waals surface area contributed by atoms with Crippen molar-refractivity contribution >= 4 is 87.2 Å². The van der Waals surface area contributed by atoms with Gasteiger partial charge in [-0.1, -0.05) is 140 Å². The van der Waals surface area contributed by atoms with Gasteiger partial charge in [0.2, 0.25) is 0 Å². The Kier molecular flexibility index (Phi) is 6.63. The minimum Gasteiger partial charge on any atom is -0.456 e. The van der Waals surface area contributed by atoms with Crippen LogP contribution in [0.4, 0.5) is 0 Å². The van der Waals surface area contributed by atoms with Gasteiger partial charge in [0, 0.05) is 54.4 Å². The number of nitrogens with zero attached hydrogens (tertiary/aromatic N) is 4. The number of benzene rings is 9. The van der Waals surface area contributed by atoms with E-state index in [1.165, 1.54) is 27.1 Å². The van der Waals surface area contributed by atoms with Gasteiger partial charge in [0.15, 0.2) is 17.5 Å². The predicted octanol–water partition coefficient (Wildman–Crippen LogP) is 14.1. The first kappa shape index (κ1) is 32.0. The molecule has 6 heteroatoms. The number of aromatic nitrogens is 4. The number of rotatable bonds is 4. The van der Waals surface area contributed by atoms with Gasteiger partial charge in [0.1, 0.15) is 22.3 Å². The molecule has 0 radical (unpaired) electrons. The number of para-hydroxylation sites is 2. The van der Waals surface area contributed by atoms with E-state index >= 15 is 0 Å². The highest BCUT2D eigenvalue weighted by molar-refractivity contribution is 6.23. The second-order valence-electron chi connectivity index (χ2n) is 15.1. The minimum absolute atomic E-state index is 0.565. The third kappa shape index (κ3) is 4.71. The Morgan fingerprint density at radius 3 is 1.92 bits per heavy atom. The molecule has 13 rings (SSSR count). The summed E-state index contributed by atoms with van der Waals surface area (Å²) in [5.41, 5.74) is 9.27. The molecule has 6 nitrogen and oxygen atoms in total. The number of furan rings is 2. The maximum Gasteiger partial charge on any atom is 0.164 e. The van der Waals surface area contributed by atoms with Crippen LogP contribution >= 0.6 is 0 Å². The topological polar surface area (TPSA) is 69.9 Å². The van der Waals surface area contributed by atoms with E-state index in [0.717, 1.165) is 82.5 Å². The third-order valence-electron chi connectivity index (χ3n) is 11.8. The second kappa shape index (κ2) is 12.2. The van der Waals surface area contributed by atoms with Gasteiger partial charge in [-0.3, -0.25) is 0 Å². The van der Waals surface area contributed by atoms with Crippen LogP contribution in [-0.4, -0.2) is 19.5 Å². The fraction of sp³-hybridized carbons (Fsp3) is 0. The summed E-state index contributed by atoms with van der Waals surface area (Å²) in [6, 6.07) is 63.2. The Labute approximate surface area is 336 Å². The van der Waals surface area contributed by atoms with E-state index < -0.39 is 0 Å². The fourth-order valence-corrected chi connectivity index (χ4v) is 9.19. The highest BCUT2D eigenvalue weighted by Gasteiger charge is 2.23.